The molecule has 1 aliphatic heterocycles. The van der Waals surface area contributed by atoms with Gasteiger partial charge in [0.05, 0.1) is 0 Å². The van der Waals surface area contributed by atoms with Gasteiger partial charge in [0.15, 0.2) is 0 Å². The van der Waals surface area contributed by atoms with Crippen molar-refractivity contribution in [2.24, 2.45) is 0 Å². The Balaban J connectivity index is 0.000000791. The molecule has 10 heteroatoms. The Morgan fingerprint density at radius 2 is 0.714 bits per heavy atom. The van der Waals surface area contributed by atoms with Crippen LogP contribution in [0.25, 0.3) is 0 Å². The summed E-state index contributed by atoms with van der Waals surface area (Å²) in [5, 5.41) is 0. The summed E-state index contributed by atoms with van der Waals surface area (Å²) in [5.74, 6) is 0. The molecule has 0 bridgehead atoms. The number of hydrogen-bond donors (Lipinski definition) is 0. The van der Waals surface area contributed by atoms with Crippen molar-refractivity contribution in [2.45, 2.75) is 26.2 Å². The van der Waals surface area contributed by atoms with E-state index < -0.39 is 37.1 Å². The summed E-state index contributed by atoms with van der Waals surface area (Å²) in [6.07, 6.45) is 0. The minimum atomic E-state index is -1.42. The zero-order chi connectivity index (χ0) is 11.1. The predicted molar refractivity (Wildman–Crippen MR) is 84.4 cm³/mol. The topological polar surface area (TPSA) is 36.9 Å². The quantitative estimate of drug-likeness (QED) is 0.376. The van der Waals surface area contributed by atoms with Crippen LogP contribution in [0, 0.1) is 0 Å². The molecular formula is C4H16I2O4Si4. The molecule has 0 spiro atoms. The van der Waals surface area contributed by atoms with Crippen LogP contribution in [0.2, 0.25) is 26.2 Å². The molecular weight excluding hydrogens is 478 g/mol. The molecule has 14 heavy (non-hydrogen) atoms. The molecule has 86 valence electrons. The average molecular weight is 494 g/mol. The van der Waals surface area contributed by atoms with Crippen molar-refractivity contribution in [3.63, 3.8) is 0 Å². The molecule has 1 rings (SSSR count). The number of halogens is 2. The normalized spacial score (nSPS) is 39.0. The second-order valence-corrected chi connectivity index (χ2v) is 11.7. The van der Waals surface area contributed by atoms with E-state index in [0.29, 0.717) is 0 Å². The van der Waals surface area contributed by atoms with Gasteiger partial charge in [-0.3, -0.25) is 0 Å². The van der Waals surface area contributed by atoms with Gasteiger partial charge >= 0.3 is 0 Å². The highest BCUT2D eigenvalue weighted by atomic mass is 128. The molecule has 0 unspecified atom stereocenters. The van der Waals surface area contributed by atoms with Crippen LogP contribution < -0.4 is 0 Å². The Kier molecular flexibility index (Phi) is 10.7. The van der Waals surface area contributed by atoms with Crippen LogP contribution in [-0.4, -0.2) is 37.1 Å². The summed E-state index contributed by atoms with van der Waals surface area (Å²) >= 11 is 4.24. The molecule has 1 aliphatic rings. The van der Waals surface area contributed by atoms with Crippen LogP contribution in [0.5, 0.6) is 0 Å². The zero-order valence-electron chi connectivity index (χ0n) is 8.70. The first-order valence-electron chi connectivity index (χ1n) is 4.34. The van der Waals surface area contributed by atoms with Gasteiger partial charge in [0.1, 0.15) is 0 Å². The standard InChI is InChI=1S/C4H16O4Si4.I2/c1-9-5-10(2)7-12(4)8-11(3)6-9;1-2/h9-12H,1-4H3;. The van der Waals surface area contributed by atoms with Gasteiger partial charge in [-0.1, -0.05) is 0 Å². The monoisotopic (exact) mass is 494 g/mol. The van der Waals surface area contributed by atoms with Crippen molar-refractivity contribution >= 4 is 74.4 Å². The molecule has 1 fully saturated rings. The number of hydrogen-bond acceptors (Lipinski definition) is 4. The molecule has 1 heterocycles. The summed E-state index contributed by atoms with van der Waals surface area (Å²) in [4.78, 5) is 0. The molecule has 1 saturated heterocycles. The van der Waals surface area contributed by atoms with Gasteiger partial charge in [0.25, 0.3) is 37.1 Å². The molecule has 0 aromatic rings. The van der Waals surface area contributed by atoms with Crippen molar-refractivity contribution < 1.29 is 16.5 Å². The first-order valence-corrected chi connectivity index (χ1v) is 19.0. The van der Waals surface area contributed by atoms with Gasteiger partial charge < -0.3 is 16.5 Å². The van der Waals surface area contributed by atoms with E-state index in [0.717, 1.165) is 0 Å². The third-order valence-electron chi connectivity index (χ3n) is 1.53. The van der Waals surface area contributed by atoms with Crippen LogP contribution >= 0.6 is 37.2 Å². The maximum atomic E-state index is 5.65. The van der Waals surface area contributed by atoms with Crippen LogP contribution in [0.4, 0.5) is 0 Å². The molecule has 0 aromatic heterocycles. The SMILES string of the molecule is C[SiH]1O[SiH](C)O[SiH](C)O[SiH](C)O1.II. The summed E-state index contributed by atoms with van der Waals surface area (Å²) in [7, 11) is -5.66. The van der Waals surface area contributed by atoms with Gasteiger partial charge in [0.2, 0.25) is 0 Å². The third-order valence-corrected chi connectivity index (χ3v) is 13.8. The minimum absolute atomic E-state index is 1.42. The van der Waals surface area contributed by atoms with E-state index in [2.05, 4.69) is 37.2 Å². The Labute approximate surface area is 116 Å². The second-order valence-electron chi connectivity index (χ2n) is 2.81. The molecule has 0 amide bonds. The highest BCUT2D eigenvalue weighted by Crippen LogP contribution is 2.06. The van der Waals surface area contributed by atoms with Gasteiger partial charge in [0, 0.05) is 37.2 Å². The first-order chi connectivity index (χ1) is 6.58. The van der Waals surface area contributed by atoms with Crippen molar-refractivity contribution in [3.05, 3.63) is 0 Å². The van der Waals surface area contributed by atoms with Gasteiger partial charge in [-0.15, -0.1) is 0 Å². The lowest BCUT2D eigenvalue weighted by atomic mass is 11.9. The predicted octanol–water partition coefficient (Wildman–Crippen LogP) is 1.24. The summed E-state index contributed by atoms with van der Waals surface area (Å²) < 4.78 is 22.6. The van der Waals surface area contributed by atoms with E-state index in [1.165, 1.54) is 0 Å². The molecule has 0 saturated carbocycles. The van der Waals surface area contributed by atoms with E-state index in [1.807, 2.05) is 26.2 Å². The molecule has 0 aromatic carbocycles. The summed E-state index contributed by atoms with van der Waals surface area (Å²) in [6, 6.07) is 0. The molecule has 4 nitrogen and oxygen atoms in total. The van der Waals surface area contributed by atoms with Crippen LogP contribution in [-0.2, 0) is 16.5 Å². The Hall–Kier alpha value is 2.17. The second kappa shape index (κ2) is 9.22. The number of rotatable bonds is 0. The molecule has 0 aliphatic carbocycles. The Bertz CT molecular complexity index is 115. The maximum absolute atomic E-state index is 5.65. The first kappa shape index (κ1) is 16.2. The Morgan fingerprint density at radius 3 is 0.857 bits per heavy atom. The van der Waals surface area contributed by atoms with E-state index in [1.54, 1.807) is 0 Å². The minimum Gasteiger partial charge on any atom is -0.420 e. The lowest BCUT2D eigenvalue weighted by Gasteiger charge is -2.28. The Morgan fingerprint density at radius 1 is 0.571 bits per heavy atom. The van der Waals surface area contributed by atoms with E-state index in [9.17, 15) is 0 Å². The highest BCUT2D eigenvalue weighted by Gasteiger charge is 2.25. The zero-order valence-corrected chi connectivity index (χ0v) is 17.6. The summed E-state index contributed by atoms with van der Waals surface area (Å²) in [5.41, 5.74) is 0. The van der Waals surface area contributed by atoms with Gasteiger partial charge in [-0.25, -0.2) is 0 Å². The fourth-order valence-electron chi connectivity index (χ4n) is 1.21. The van der Waals surface area contributed by atoms with Crippen molar-refractivity contribution in [2.75, 3.05) is 0 Å². The van der Waals surface area contributed by atoms with Gasteiger partial charge in [-0.05, 0) is 26.2 Å². The lowest BCUT2D eigenvalue weighted by molar-refractivity contribution is 0.295. The third kappa shape index (κ3) is 7.44. The summed E-state index contributed by atoms with van der Waals surface area (Å²) in [6.45, 7) is 8.16. The molecule has 0 radical (unpaired) electrons. The maximum Gasteiger partial charge on any atom is 0.300 e. The lowest BCUT2D eigenvalue weighted by Crippen LogP contribution is -2.44. The van der Waals surface area contributed by atoms with E-state index in [4.69, 9.17) is 16.5 Å². The van der Waals surface area contributed by atoms with Crippen molar-refractivity contribution in [1.29, 1.82) is 0 Å². The van der Waals surface area contributed by atoms with Crippen LogP contribution in [0.15, 0.2) is 0 Å². The molecule has 0 N–H and O–H groups in total. The van der Waals surface area contributed by atoms with Crippen molar-refractivity contribution in [3.8, 4) is 0 Å². The van der Waals surface area contributed by atoms with Crippen LogP contribution in [0.1, 0.15) is 0 Å². The fourth-order valence-corrected chi connectivity index (χ4v) is 13.2. The van der Waals surface area contributed by atoms with Crippen LogP contribution in [0.3, 0.4) is 0 Å². The smallest absolute Gasteiger partial charge is 0.300 e. The highest BCUT2D eigenvalue weighted by molar-refractivity contribution is 15.0. The molecule has 0 atom stereocenters. The average Bonchev–Trinajstić information content (AvgIpc) is 2.03. The largest absolute Gasteiger partial charge is 0.420 e. The van der Waals surface area contributed by atoms with Crippen molar-refractivity contribution in [1.82, 2.24) is 0 Å². The van der Waals surface area contributed by atoms with Gasteiger partial charge in [-0.2, -0.15) is 0 Å². The van der Waals surface area contributed by atoms with E-state index >= 15 is 0 Å². The van der Waals surface area contributed by atoms with E-state index in [-0.39, 0.29) is 0 Å². The fraction of sp³-hybridized carbons (Fsp3) is 1.00.